The van der Waals surface area contributed by atoms with Gasteiger partial charge in [-0.1, -0.05) is 59.8 Å². The van der Waals surface area contributed by atoms with E-state index in [9.17, 15) is 14.4 Å². The van der Waals surface area contributed by atoms with Crippen molar-refractivity contribution < 1.29 is 19.1 Å². The monoisotopic (exact) mass is 535 g/mol. The lowest BCUT2D eigenvalue weighted by molar-refractivity contribution is -0.129. The van der Waals surface area contributed by atoms with Crippen molar-refractivity contribution in [2.24, 2.45) is 4.99 Å². The van der Waals surface area contributed by atoms with Gasteiger partial charge in [-0.2, -0.15) is 0 Å². The van der Waals surface area contributed by atoms with Gasteiger partial charge in [0, 0.05) is 17.1 Å². The number of thioether (sulfide) groups is 1. The summed E-state index contributed by atoms with van der Waals surface area (Å²) in [5, 5.41) is 3.15. The highest BCUT2D eigenvalue weighted by atomic mass is 35.5. The molecule has 1 saturated heterocycles. The highest BCUT2D eigenvalue weighted by Gasteiger charge is 2.36. The molecular formula is C28H26ClN3O4S. The number of aryl methyl sites for hydroxylation is 1. The van der Waals surface area contributed by atoms with E-state index in [1.54, 1.807) is 48.2 Å². The number of aliphatic imine (C=N–C) groups is 1. The van der Waals surface area contributed by atoms with E-state index in [0.717, 1.165) is 11.1 Å². The first-order valence-corrected chi connectivity index (χ1v) is 13.0. The zero-order valence-electron chi connectivity index (χ0n) is 20.4. The maximum absolute atomic E-state index is 13.3. The Labute approximate surface area is 224 Å². The second kappa shape index (κ2) is 12.1. The molecule has 1 N–H and O–H groups in total. The van der Waals surface area contributed by atoms with Crippen LogP contribution in [0.25, 0.3) is 0 Å². The molecule has 9 heteroatoms. The number of amides is 2. The van der Waals surface area contributed by atoms with Crippen LogP contribution in [-0.4, -0.2) is 39.7 Å². The Morgan fingerprint density at radius 1 is 1.11 bits per heavy atom. The summed E-state index contributed by atoms with van der Waals surface area (Å²) in [6.45, 7) is 4.24. The molecule has 1 heterocycles. The highest BCUT2D eigenvalue weighted by molar-refractivity contribution is 8.15. The van der Waals surface area contributed by atoms with Crippen molar-refractivity contribution in [2.45, 2.75) is 32.1 Å². The average molecular weight is 536 g/mol. The number of amidine groups is 1. The molecule has 3 aromatic rings. The molecule has 1 unspecified atom stereocenters. The molecule has 4 rings (SSSR count). The van der Waals surface area contributed by atoms with Gasteiger partial charge in [0.05, 0.1) is 24.4 Å². The second-order valence-corrected chi connectivity index (χ2v) is 9.97. The van der Waals surface area contributed by atoms with Crippen LogP contribution in [0.1, 0.15) is 34.8 Å². The van der Waals surface area contributed by atoms with E-state index in [2.05, 4.69) is 10.3 Å². The van der Waals surface area contributed by atoms with Gasteiger partial charge in [0.1, 0.15) is 5.25 Å². The van der Waals surface area contributed by atoms with Gasteiger partial charge in [0.25, 0.3) is 0 Å². The van der Waals surface area contributed by atoms with E-state index >= 15 is 0 Å². The quantitative estimate of drug-likeness (QED) is 0.376. The summed E-state index contributed by atoms with van der Waals surface area (Å²) >= 11 is 7.43. The number of carbonyl (C=O) groups is 3. The van der Waals surface area contributed by atoms with E-state index in [4.69, 9.17) is 16.3 Å². The van der Waals surface area contributed by atoms with Crippen LogP contribution in [0.4, 0.5) is 11.4 Å². The Hall–Kier alpha value is -3.62. The fourth-order valence-corrected chi connectivity index (χ4v) is 4.93. The molecule has 1 atom stereocenters. The molecule has 0 bridgehead atoms. The topological polar surface area (TPSA) is 88.1 Å². The molecule has 7 nitrogen and oxygen atoms in total. The molecule has 1 aliphatic rings. The number of hydrogen-bond acceptors (Lipinski definition) is 6. The number of hydrogen-bond donors (Lipinski definition) is 1. The number of nitrogens with one attached hydrogen (secondary N) is 1. The molecule has 37 heavy (non-hydrogen) atoms. The molecule has 0 saturated carbocycles. The summed E-state index contributed by atoms with van der Waals surface area (Å²) < 4.78 is 5.03. The van der Waals surface area contributed by atoms with E-state index < -0.39 is 11.2 Å². The number of halogens is 1. The Bertz CT molecular complexity index is 1330. The number of carbonyl (C=O) groups excluding carboxylic acids is 3. The van der Waals surface area contributed by atoms with Crippen LogP contribution in [0.15, 0.2) is 77.8 Å². The van der Waals surface area contributed by atoms with Crippen molar-refractivity contribution in [1.82, 2.24) is 4.90 Å². The molecular weight excluding hydrogens is 510 g/mol. The zero-order chi connectivity index (χ0) is 26.4. The van der Waals surface area contributed by atoms with E-state index in [1.807, 2.05) is 43.3 Å². The first-order valence-electron chi connectivity index (χ1n) is 11.8. The predicted molar refractivity (Wildman–Crippen MR) is 147 cm³/mol. The van der Waals surface area contributed by atoms with Crippen molar-refractivity contribution in [3.05, 3.63) is 94.5 Å². The fraction of sp³-hybridized carbons (Fsp3) is 0.214. The summed E-state index contributed by atoms with van der Waals surface area (Å²) in [6, 6.07) is 21.5. The summed E-state index contributed by atoms with van der Waals surface area (Å²) in [4.78, 5) is 44.6. The maximum atomic E-state index is 13.3. The minimum atomic E-state index is -0.669. The number of benzene rings is 3. The number of ether oxygens (including phenoxy) is 1. The molecule has 1 fully saturated rings. The largest absolute Gasteiger partial charge is 0.462 e. The third kappa shape index (κ3) is 6.78. The molecule has 0 spiro atoms. The zero-order valence-corrected chi connectivity index (χ0v) is 22.0. The first-order chi connectivity index (χ1) is 17.8. The van der Waals surface area contributed by atoms with Crippen LogP contribution >= 0.6 is 23.4 Å². The third-order valence-corrected chi connectivity index (χ3v) is 7.25. The Morgan fingerprint density at radius 3 is 2.51 bits per heavy atom. The van der Waals surface area contributed by atoms with Crippen LogP contribution in [0.3, 0.4) is 0 Å². The molecule has 0 aliphatic carbocycles. The van der Waals surface area contributed by atoms with Crippen LogP contribution in [0, 0.1) is 6.92 Å². The smallest absolute Gasteiger partial charge is 0.338 e. The predicted octanol–water partition coefficient (Wildman–Crippen LogP) is 5.99. The summed E-state index contributed by atoms with van der Waals surface area (Å²) in [6.07, 6.45) is 0.0315. The SMILES string of the molecule is CCOC(=O)c1ccc(N=C2SC(C(=O)Nc3ccc(C)c(Cl)c3)CC(=O)N2Cc2ccccc2)cc1. The Balaban J connectivity index is 1.59. The number of nitrogens with zero attached hydrogens (tertiary/aromatic N) is 2. The van der Waals surface area contributed by atoms with Crippen molar-refractivity contribution in [1.29, 1.82) is 0 Å². The van der Waals surface area contributed by atoms with Crippen molar-refractivity contribution in [2.75, 3.05) is 11.9 Å². The van der Waals surface area contributed by atoms with Gasteiger partial charge in [-0.15, -0.1) is 0 Å². The first kappa shape index (κ1) is 26.4. The normalized spacial score (nSPS) is 16.5. The third-order valence-electron chi connectivity index (χ3n) is 5.66. The minimum Gasteiger partial charge on any atom is -0.462 e. The molecule has 1 aliphatic heterocycles. The Kier molecular flexibility index (Phi) is 8.63. The lowest BCUT2D eigenvalue weighted by atomic mass is 10.2. The van der Waals surface area contributed by atoms with Crippen LogP contribution in [-0.2, 0) is 20.9 Å². The van der Waals surface area contributed by atoms with Gasteiger partial charge in [-0.3, -0.25) is 14.5 Å². The van der Waals surface area contributed by atoms with Crippen LogP contribution in [0.2, 0.25) is 5.02 Å². The van der Waals surface area contributed by atoms with E-state index in [-0.39, 0.29) is 24.8 Å². The number of anilines is 1. The molecule has 190 valence electrons. The van der Waals surface area contributed by atoms with Gasteiger partial charge in [-0.05, 0) is 61.4 Å². The second-order valence-electron chi connectivity index (χ2n) is 8.39. The van der Waals surface area contributed by atoms with Gasteiger partial charge >= 0.3 is 5.97 Å². The molecule has 2 amide bonds. The summed E-state index contributed by atoms with van der Waals surface area (Å²) in [5.74, 6) is -0.919. The van der Waals surface area contributed by atoms with Gasteiger partial charge in [0.2, 0.25) is 11.8 Å². The van der Waals surface area contributed by atoms with Gasteiger partial charge in [0.15, 0.2) is 5.17 Å². The van der Waals surface area contributed by atoms with Gasteiger partial charge < -0.3 is 10.1 Å². The van der Waals surface area contributed by atoms with Crippen molar-refractivity contribution in [3.63, 3.8) is 0 Å². The standard InChI is InChI=1S/C28H26ClN3O4S/c1-3-36-27(35)20-10-13-21(14-11-20)31-28-32(17-19-7-5-4-6-8-19)25(33)16-24(37-28)26(34)30-22-12-9-18(2)23(29)15-22/h4-15,24H,3,16-17H2,1-2H3,(H,30,34). The van der Waals surface area contributed by atoms with Crippen molar-refractivity contribution in [3.8, 4) is 0 Å². The lowest BCUT2D eigenvalue weighted by Crippen LogP contribution is -2.44. The highest BCUT2D eigenvalue weighted by Crippen LogP contribution is 2.31. The lowest BCUT2D eigenvalue weighted by Gasteiger charge is -2.32. The molecule has 0 radical (unpaired) electrons. The minimum absolute atomic E-state index is 0.0315. The maximum Gasteiger partial charge on any atom is 0.338 e. The van der Waals surface area contributed by atoms with Crippen molar-refractivity contribution >= 4 is 57.7 Å². The summed E-state index contributed by atoms with van der Waals surface area (Å²) in [5.41, 5.74) is 3.37. The van der Waals surface area contributed by atoms with E-state index in [1.165, 1.54) is 11.8 Å². The summed E-state index contributed by atoms with van der Waals surface area (Å²) in [7, 11) is 0. The molecule has 0 aromatic heterocycles. The van der Waals surface area contributed by atoms with Crippen LogP contribution in [0.5, 0.6) is 0 Å². The number of esters is 1. The van der Waals surface area contributed by atoms with Gasteiger partial charge in [-0.25, -0.2) is 9.79 Å². The molecule has 3 aromatic carbocycles. The average Bonchev–Trinajstić information content (AvgIpc) is 2.89. The number of rotatable bonds is 7. The fourth-order valence-electron chi connectivity index (χ4n) is 3.65. The van der Waals surface area contributed by atoms with E-state index in [0.29, 0.717) is 33.7 Å². The van der Waals surface area contributed by atoms with Crippen LogP contribution < -0.4 is 5.32 Å². The Morgan fingerprint density at radius 2 is 1.84 bits per heavy atom.